The molecular weight excluding hydrogens is 371 g/mol. The Morgan fingerprint density at radius 2 is 1.88 bits per heavy atom. The van der Waals surface area contributed by atoms with Crippen LogP contribution in [0.5, 0.6) is 0 Å². The van der Waals surface area contributed by atoms with Crippen molar-refractivity contribution in [2.75, 3.05) is 13.1 Å². The lowest BCUT2D eigenvalue weighted by atomic mass is 9.96. The Bertz CT molecular complexity index is 946. The summed E-state index contributed by atoms with van der Waals surface area (Å²) in [7, 11) is 0. The number of hydrogen-bond donors (Lipinski definition) is 0. The molecule has 2 aromatic heterocycles. The van der Waals surface area contributed by atoms with Crippen LogP contribution in [0.15, 0.2) is 22.6 Å². The first kappa shape index (κ1) is 16.9. The lowest BCUT2D eigenvalue weighted by Crippen LogP contribution is -2.38. The number of alkyl halides is 3. The van der Waals surface area contributed by atoms with Crippen LogP contribution in [0.25, 0.3) is 11.0 Å². The second-order valence-electron chi connectivity index (χ2n) is 5.98. The van der Waals surface area contributed by atoms with E-state index >= 15 is 0 Å². The highest BCUT2D eigenvalue weighted by atomic mass is 32.1. The quantitative estimate of drug-likeness (QED) is 0.676. The average molecular weight is 383 g/mol. The summed E-state index contributed by atoms with van der Waals surface area (Å²) in [5, 5.41) is 6.56. The molecule has 0 unspecified atom stereocenters. The number of fused-ring (bicyclic) bond motifs is 1. The number of rotatable bonds is 2. The number of carbonyl (C=O) groups excluding carboxylic acids is 1. The fourth-order valence-corrected chi connectivity index (χ4v) is 3.46. The molecule has 0 saturated carbocycles. The summed E-state index contributed by atoms with van der Waals surface area (Å²) >= 11 is 1.08. The highest BCUT2D eigenvalue weighted by Crippen LogP contribution is 2.32. The molecule has 0 atom stereocenters. The molecule has 1 aliphatic heterocycles. The Kier molecular flexibility index (Phi) is 4.10. The highest BCUT2D eigenvalue weighted by Gasteiger charge is 2.39. The van der Waals surface area contributed by atoms with E-state index in [2.05, 4.69) is 18.9 Å². The van der Waals surface area contributed by atoms with Crippen molar-refractivity contribution in [1.82, 2.24) is 23.8 Å². The van der Waals surface area contributed by atoms with E-state index in [4.69, 9.17) is 4.42 Å². The number of nitrogens with zero attached hydrogens (tertiary/aromatic N) is 5. The standard InChI is InChI=1S/C15H12F3N5O2S/c16-15(17,18)14-20-19-12(25-14)8-3-5-23(6-4-8)13(24)9-1-2-10-11(7-9)22-26-21-10/h1-2,7-8H,3-6H2. The number of aromatic nitrogens is 4. The molecule has 1 saturated heterocycles. The first-order valence-corrected chi connectivity index (χ1v) is 8.57. The Labute approximate surface area is 149 Å². The van der Waals surface area contributed by atoms with E-state index in [0.717, 1.165) is 17.2 Å². The topological polar surface area (TPSA) is 85.0 Å². The summed E-state index contributed by atoms with van der Waals surface area (Å²) in [5.74, 6) is -1.79. The van der Waals surface area contributed by atoms with E-state index in [-0.39, 0.29) is 17.7 Å². The first-order valence-electron chi connectivity index (χ1n) is 7.84. The maximum atomic E-state index is 12.6. The van der Waals surface area contributed by atoms with Gasteiger partial charge < -0.3 is 9.32 Å². The van der Waals surface area contributed by atoms with Crippen molar-refractivity contribution >= 4 is 28.7 Å². The predicted octanol–water partition coefficient (Wildman–Crippen LogP) is 3.11. The molecule has 1 aromatic carbocycles. The van der Waals surface area contributed by atoms with Crippen molar-refractivity contribution in [3.05, 3.63) is 35.5 Å². The molecule has 0 radical (unpaired) electrons. The summed E-state index contributed by atoms with van der Waals surface area (Å²) < 4.78 is 50.6. The molecular formula is C15H12F3N5O2S. The van der Waals surface area contributed by atoms with Crippen LogP contribution in [-0.2, 0) is 6.18 Å². The molecule has 136 valence electrons. The van der Waals surface area contributed by atoms with Gasteiger partial charge in [-0.05, 0) is 31.0 Å². The van der Waals surface area contributed by atoms with E-state index in [0.29, 0.717) is 37.0 Å². The van der Waals surface area contributed by atoms with Crippen molar-refractivity contribution in [1.29, 1.82) is 0 Å². The third kappa shape index (κ3) is 3.14. The van der Waals surface area contributed by atoms with E-state index in [1.165, 1.54) is 0 Å². The SMILES string of the molecule is O=C(c1ccc2nsnc2c1)N1CCC(c2nnc(C(F)(F)F)o2)CC1. The van der Waals surface area contributed by atoms with Crippen LogP contribution < -0.4 is 0 Å². The molecule has 3 heterocycles. The molecule has 1 aliphatic rings. The van der Waals surface area contributed by atoms with Gasteiger partial charge in [-0.2, -0.15) is 21.9 Å². The molecule has 7 nitrogen and oxygen atoms in total. The molecule has 11 heteroatoms. The predicted molar refractivity (Wildman–Crippen MR) is 84.6 cm³/mol. The second kappa shape index (κ2) is 6.31. The minimum absolute atomic E-state index is 0.0283. The second-order valence-corrected chi connectivity index (χ2v) is 6.51. The van der Waals surface area contributed by atoms with Gasteiger partial charge in [0.05, 0.1) is 11.7 Å². The van der Waals surface area contributed by atoms with Crippen molar-refractivity contribution in [2.45, 2.75) is 24.9 Å². The lowest BCUT2D eigenvalue weighted by molar-refractivity contribution is -0.157. The van der Waals surface area contributed by atoms with Gasteiger partial charge in [-0.15, -0.1) is 10.2 Å². The van der Waals surface area contributed by atoms with E-state index in [1.807, 2.05) is 0 Å². The van der Waals surface area contributed by atoms with Crippen molar-refractivity contribution < 1.29 is 22.4 Å². The summed E-state index contributed by atoms with van der Waals surface area (Å²) in [6.07, 6.45) is -3.72. The highest BCUT2D eigenvalue weighted by molar-refractivity contribution is 7.00. The van der Waals surface area contributed by atoms with E-state index in [1.54, 1.807) is 23.1 Å². The molecule has 1 amide bonds. The van der Waals surface area contributed by atoms with Gasteiger partial charge in [-0.25, -0.2) is 0 Å². The van der Waals surface area contributed by atoms with Crippen LogP contribution in [0.4, 0.5) is 13.2 Å². The Morgan fingerprint density at radius 1 is 1.15 bits per heavy atom. The van der Waals surface area contributed by atoms with Gasteiger partial charge >= 0.3 is 12.1 Å². The summed E-state index contributed by atoms with van der Waals surface area (Å²) in [6, 6.07) is 5.14. The Morgan fingerprint density at radius 3 is 2.58 bits per heavy atom. The van der Waals surface area contributed by atoms with Gasteiger partial charge in [-0.3, -0.25) is 4.79 Å². The third-order valence-corrected chi connectivity index (χ3v) is 4.87. The average Bonchev–Trinajstić information content (AvgIpc) is 3.29. The van der Waals surface area contributed by atoms with Gasteiger partial charge in [0, 0.05) is 24.6 Å². The van der Waals surface area contributed by atoms with E-state index in [9.17, 15) is 18.0 Å². The van der Waals surface area contributed by atoms with Gasteiger partial charge in [0.15, 0.2) is 0 Å². The van der Waals surface area contributed by atoms with Crippen LogP contribution in [0.3, 0.4) is 0 Å². The minimum atomic E-state index is -4.65. The maximum Gasteiger partial charge on any atom is 0.470 e. The van der Waals surface area contributed by atoms with E-state index < -0.39 is 12.1 Å². The maximum absolute atomic E-state index is 12.6. The Hall–Kier alpha value is -2.56. The molecule has 0 bridgehead atoms. The van der Waals surface area contributed by atoms with Crippen LogP contribution in [0.1, 0.15) is 40.9 Å². The fourth-order valence-electron chi connectivity index (χ4n) is 2.94. The largest absolute Gasteiger partial charge is 0.470 e. The number of amides is 1. The number of carbonyl (C=O) groups is 1. The van der Waals surface area contributed by atoms with Crippen LogP contribution in [-0.4, -0.2) is 42.8 Å². The first-order chi connectivity index (χ1) is 12.4. The van der Waals surface area contributed by atoms with Gasteiger partial charge in [0.2, 0.25) is 5.89 Å². The summed E-state index contributed by atoms with van der Waals surface area (Å²) in [6.45, 7) is 0.807. The molecule has 0 N–H and O–H groups in total. The number of hydrogen-bond acceptors (Lipinski definition) is 7. The monoisotopic (exact) mass is 383 g/mol. The number of halogens is 3. The fraction of sp³-hybridized carbons (Fsp3) is 0.400. The molecule has 4 rings (SSSR count). The van der Waals surface area contributed by atoms with Crippen molar-refractivity contribution in [3.8, 4) is 0 Å². The lowest BCUT2D eigenvalue weighted by Gasteiger charge is -2.30. The molecule has 3 aromatic rings. The van der Waals surface area contributed by atoms with Crippen molar-refractivity contribution in [2.24, 2.45) is 0 Å². The molecule has 26 heavy (non-hydrogen) atoms. The smallest absolute Gasteiger partial charge is 0.417 e. The molecule has 0 aliphatic carbocycles. The van der Waals surface area contributed by atoms with Crippen LogP contribution in [0.2, 0.25) is 0 Å². The zero-order chi connectivity index (χ0) is 18.3. The number of benzene rings is 1. The number of piperidine rings is 1. The van der Waals surface area contributed by atoms with Gasteiger partial charge in [-0.1, -0.05) is 0 Å². The molecule has 1 fully saturated rings. The Balaban J connectivity index is 1.42. The summed E-state index contributed by atoms with van der Waals surface area (Å²) in [4.78, 5) is 14.3. The van der Waals surface area contributed by atoms with Gasteiger partial charge in [0.1, 0.15) is 11.0 Å². The normalized spacial score (nSPS) is 16.3. The van der Waals surface area contributed by atoms with Crippen LogP contribution >= 0.6 is 11.7 Å². The number of likely N-dealkylation sites (tertiary alicyclic amines) is 1. The molecule has 0 spiro atoms. The van der Waals surface area contributed by atoms with Crippen LogP contribution in [0, 0.1) is 0 Å². The van der Waals surface area contributed by atoms with Crippen molar-refractivity contribution in [3.63, 3.8) is 0 Å². The third-order valence-electron chi connectivity index (χ3n) is 4.32. The summed E-state index contributed by atoms with van der Waals surface area (Å²) in [5.41, 5.74) is 1.92. The zero-order valence-electron chi connectivity index (χ0n) is 13.2. The zero-order valence-corrected chi connectivity index (χ0v) is 14.0. The minimum Gasteiger partial charge on any atom is -0.417 e. The van der Waals surface area contributed by atoms with Gasteiger partial charge in [0.25, 0.3) is 5.91 Å².